The van der Waals surface area contributed by atoms with Gasteiger partial charge in [-0.1, -0.05) is 19.1 Å². The molecule has 0 saturated heterocycles. The summed E-state index contributed by atoms with van der Waals surface area (Å²) in [5, 5.41) is 6.66. The molecule has 4 nitrogen and oxygen atoms in total. The number of aromatic nitrogens is 4. The molecule has 0 unspecified atom stereocenters. The third-order valence-corrected chi connectivity index (χ3v) is 3.97. The van der Waals surface area contributed by atoms with E-state index in [9.17, 15) is 17.6 Å². The molecular weight excluding hydrogens is 336 g/mol. The maximum absolute atomic E-state index is 14.3. The molecule has 3 rings (SSSR count). The van der Waals surface area contributed by atoms with Crippen LogP contribution in [0.5, 0.6) is 0 Å². The molecular formula is C17H16F4N4. The third kappa shape index (κ3) is 3.20. The van der Waals surface area contributed by atoms with Gasteiger partial charge in [-0.2, -0.15) is 13.2 Å². The molecule has 0 radical (unpaired) electrons. The summed E-state index contributed by atoms with van der Waals surface area (Å²) in [7, 11) is 0. The van der Waals surface area contributed by atoms with Gasteiger partial charge in [-0.3, -0.25) is 9.38 Å². The van der Waals surface area contributed by atoms with Gasteiger partial charge >= 0.3 is 6.18 Å². The van der Waals surface area contributed by atoms with Crippen molar-refractivity contribution < 1.29 is 17.6 Å². The zero-order chi connectivity index (χ0) is 18.4. The molecule has 3 aromatic rings. The van der Waals surface area contributed by atoms with Crippen molar-refractivity contribution in [2.45, 2.75) is 39.0 Å². The Kier molecular flexibility index (Phi) is 4.01. The van der Waals surface area contributed by atoms with Gasteiger partial charge in [0.25, 0.3) is 0 Å². The van der Waals surface area contributed by atoms with Crippen molar-refractivity contribution >= 4 is 5.65 Å². The monoisotopic (exact) mass is 352 g/mol. The van der Waals surface area contributed by atoms with E-state index in [-0.39, 0.29) is 5.65 Å². The van der Waals surface area contributed by atoms with Crippen LogP contribution in [0.2, 0.25) is 0 Å². The van der Waals surface area contributed by atoms with Gasteiger partial charge in [0.2, 0.25) is 5.82 Å². The van der Waals surface area contributed by atoms with Crippen LogP contribution in [-0.4, -0.2) is 19.6 Å². The smallest absolute Gasteiger partial charge is 0.275 e. The van der Waals surface area contributed by atoms with Crippen LogP contribution in [0, 0.1) is 0 Å². The average molecular weight is 352 g/mol. The van der Waals surface area contributed by atoms with Crippen molar-refractivity contribution in [3.8, 4) is 11.3 Å². The molecule has 1 aromatic carbocycles. The molecule has 0 saturated carbocycles. The highest BCUT2D eigenvalue weighted by atomic mass is 19.4. The van der Waals surface area contributed by atoms with Gasteiger partial charge < -0.3 is 0 Å². The predicted octanol–water partition coefficient (Wildman–Crippen LogP) is 4.58. The van der Waals surface area contributed by atoms with Gasteiger partial charge in [0.15, 0.2) is 5.65 Å². The SMILES string of the molecule is CCc1cc(-c2cn3c(C(F)(F)F)nnc3cn2)ccc1C(C)(C)F. The van der Waals surface area contributed by atoms with Crippen molar-refractivity contribution in [2.24, 2.45) is 0 Å². The van der Waals surface area contributed by atoms with Crippen LogP contribution in [0.15, 0.2) is 30.6 Å². The lowest BCUT2D eigenvalue weighted by molar-refractivity contribution is -0.145. The Morgan fingerprint density at radius 2 is 1.80 bits per heavy atom. The second-order valence-corrected chi connectivity index (χ2v) is 6.22. The fourth-order valence-corrected chi connectivity index (χ4v) is 2.77. The predicted molar refractivity (Wildman–Crippen MR) is 84.7 cm³/mol. The zero-order valence-electron chi connectivity index (χ0n) is 13.9. The van der Waals surface area contributed by atoms with E-state index >= 15 is 0 Å². The molecule has 25 heavy (non-hydrogen) atoms. The Labute approximate surface area is 141 Å². The molecule has 132 valence electrons. The number of nitrogens with zero attached hydrogens (tertiary/aromatic N) is 4. The van der Waals surface area contributed by atoms with Crippen LogP contribution in [0.1, 0.15) is 37.7 Å². The maximum atomic E-state index is 14.3. The fraction of sp³-hybridized carbons (Fsp3) is 0.353. The minimum absolute atomic E-state index is 0.00769. The lowest BCUT2D eigenvalue weighted by atomic mass is 9.91. The number of aryl methyl sites for hydroxylation is 1. The molecule has 0 spiro atoms. The van der Waals surface area contributed by atoms with Crippen LogP contribution < -0.4 is 0 Å². The van der Waals surface area contributed by atoms with E-state index in [0.29, 0.717) is 23.2 Å². The zero-order valence-corrected chi connectivity index (χ0v) is 13.9. The second-order valence-electron chi connectivity index (χ2n) is 6.22. The summed E-state index contributed by atoms with van der Waals surface area (Å²) in [6, 6.07) is 5.06. The summed E-state index contributed by atoms with van der Waals surface area (Å²) in [4.78, 5) is 4.16. The molecule has 0 aliphatic carbocycles. The number of alkyl halides is 4. The largest absolute Gasteiger partial charge is 0.452 e. The Balaban J connectivity index is 2.13. The first-order valence-electron chi connectivity index (χ1n) is 7.72. The van der Waals surface area contributed by atoms with E-state index in [1.54, 1.807) is 18.2 Å². The first-order valence-corrected chi connectivity index (χ1v) is 7.72. The summed E-state index contributed by atoms with van der Waals surface area (Å²) >= 11 is 0. The van der Waals surface area contributed by atoms with Crippen LogP contribution in [0.3, 0.4) is 0 Å². The average Bonchev–Trinajstić information content (AvgIpc) is 2.96. The molecule has 0 fully saturated rings. The van der Waals surface area contributed by atoms with Crippen LogP contribution >= 0.6 is 0 Å². The van der Waals surface area contributed by atoms with E-state index in [1.165, 1.54) is 26.2 Å². The highest BCUT2D eigenvalue weighted by Gasteiger charge is 2.37. The molecule has 8 heteroatoms. The van der Waals surface area contributed by atoms with Crippen molar-refractivity contribution in [3.63, 3.8) is 0 Å². The van der Waals surface area contributed by atoms with Gasteiger partial charge in [-0.05, 0) is 37.5 Å². The number of rotatable bonds is 3. The lowest BCUT2D eigenvalue weighted by Crippen LogP contribution is -2.12. The Morgan fingerprint density at radius 1 is 1.08 bits per heavy atom. The minimum Gasteiger partial charge on any atom is -0.275 e. The Bertz CT molecular complexity index is 923. The van der Waals surface area contributed by atoms with E-state index in [2.05, 4.69) is 15.2 Å². The van der Waals surface area contributed by atoms with Crippen molar-refractivity contribution in [3.05, 3.63) is 47.5 Å². The van der Waals surface area contributed by atoms with Gasteiger partial charge in [0.05, 0.1) is 11.9 Å². The van der Waals surface area contributed by atoms with E-state index in [1.807, 2.05) is 6.92 Å². The molecule has 2 aromatic heterocycles. The van der Waals surface area contributed by atoms with Crippen molar-refractivity contribution in [2.75, 3.05) is 0 Å². The maximum Gasteiger partial charge on any atom is 0.452 e. The highest BCUT2D eigenvalue weighted by Crippen LogP contribution is 2.32. The number of halogens is 4. The molecule has 0 aliphatic rings. The van der Waals surface area contributed by atoms with Crippen LogP contribution in [0.25, 0.3) is 16.9 Å². The lowest BCUT2D eigenvalue weighted by Gasteiger charge is -2.19. The summed E-state index contributed by atoms with van der Waals surface area (Å²) in [5.74, 6) is -1.11. The quantitative estimate of drug-likeness (QED) is 0.648. The fourth-order valence-electron chi connectivity index (χ4n) is 2.77. The van der Waals surface area contributed by atoms with Crippen molar-refractivity contribution in [1.29, 1.82) is 0 Å². The third-order valence-electron chi connectivity index (χ3n) is 3.97. The standard InChI is InChI=1S/C17H16F4N4/c1-4-10-7-11(5-6-12(10)16(2,3)18)13-9-25-14(8-22-13)23-24-15(25)17(19,20)21/h5-9H,4H2,1-3H3. The van der Waals surface area contributed by atoms with E-state index in [0.717, 1.165) is 9.96 Å². The molecule has 0 atom stereocenters. The van der Waals surface area contributed by atoms with Gasteiger partial charge in [0.1, 0.15) is 5.67 Å². The van der Waals surface area contributed by atoms with Crippen molar-refractivity contribution in [1.82, 2.24) is 19.6 Å². The number of fused-ring (bicyclic) bond motifs is 1. The summed E-state index contributed by atoms with van der Waals surface area (Å²) in [6.45, 7) is 4.84. The van der Waals surface area contributed by atoms with E-state index < -0.39 is 17.7 Å². The van der Waals surface area contributed by atoms with Gasteiger partial charge in [-0.25, -0.2) is 4.39 Å². The summed E-state index contributed by atoms with van der Waals surface area (Å²) in [5.41, 5.74) is 0.781. The van der Waals surface area contributed by atoms with Crippen LogP contribution in [0.4, 0.5) is 17.6 Å². The summed E-state index contributed by atoms with van der Waals surface area (Å²) in [6.07, 6.45) is -1.54. The number of hydrogen-bond donors (Lipinski definition) is 0. The molecule has 0 aliphatic heterocycles. The highest BCUT2D eigenvalue weighted by molar-refractivity contribution is 5.62. The topological polar surface area (TPSA) is 43.1 Å². The minimum atomic E-state index is -4.62. The van der Waals surface area contributed by atoms with Crippen LogP contribution in [-0.2, 0) is 18.3 Å². The molecule has 2 heterocycles. The molecule has 0 amide bonds. The Hall–Kier alpha value is -2.51. The first kappa shape index (κ1) is 17.3. The molecule has 0 bridgehead atoms. The summed E-state index contributed by atoms with van der Waals surface area (Å²) < 4.78 is 54.2. The van der Waals surface area contributed by atoms with Gasteiger partial charge in [0, 0.05) is 11.8 Å². The molecule has 0 N–H and O–H groups in total. The normalized spacial score (nSPS) is 12.8. The van der Waals surface area contributed by atoms with Gasteiger partial charge in [-0.15, -0.1) is 10.2 Å². The first-order chi connectivity index (χ1) is 11.6. The second kappa shape index (κ2) is 5.79. The number of benzene rings is 1. The Morgan fingerprint density at radius 3 is 2.40 bits per heavy atom. The number of hydrogen-bond acceptors (Lipinski definition) is 3. The van der Waals surface area contributed by atoms with E-state index in [4.69, 9.17) is 0 Å².